The third-order valence-electron chi connectivity index (χ3n) is 4.79. The van der Waals surface area contributed by atoms with Gasteiger partial charge < -0.3 is 5.11 Å². The van der Waals surface area contributed by atoms with E-state index >= 15 is 0 Å². The second-order valence-electron chi connectivity index (χ2n) is 5.88. The van der Waals surface area contributed by atoms with E-state index in [1.165, 1.54) is 25.3 Å². The van der Waals surface area contributed by atoms with Crippen molar-refractivity contribution in [3.8, 4) is 0 Å². The van der Waals surface area contributed by atoms with Crippen molar-refractivity contribution in [2.24, 2.45) is 23.2 Å². The lowest BCUT2D eigenvalue weighted by Gasteiger charge is -2.55. The van der Waals surface area contributed by atoms with Crippen LogP contribution in [0.2, 0.25) is 0 Å². The lowest BCUT2D eigenvalue weighted by atomic mass is 9.48. The number of carbonyl (C=O) groups excluding carboxylic acids is 1. The van der Waals surface area contributed by atoms with Gasteiger partial charge in [-0.3, -0.25) is 4.79 Å². The molecule has 0 atom stereocenters. The average molecular weight is 206 g/mol. The van der Waals surface area contributed by atoms with Crippen LogP contribution in [0.4, 0.5) is 0 Å². The zero-order valence-corrected chi connectivity index (χ0v) is 8.98. The molecule has 0 unspecified atom stereocenters. The number of ketones is 1. The van der Waals surface area contributed by atoms with Gasteiger partial charge in [0.25, 0.3) is 0 Å². The Labute approximate surface area is 90.4 Å². The molecular weight excluding hydrogens is 188 g/mol. The first-order chi connectivity index (χ1) is 7.22. The molecule has 4 saturated carbocycles. The molecule has 4 aliphatic rings. The van der Waals surface area contributed by atoms with Gasteiger partial charge in [0.05, 0.1) is 6.26 Å². The normalized spacial score (nSPS) is 47.6. The maximum atomic E-state index is 12.0. The zero-order chi connectivity index (χ0) is 10.5. The Hall–Kier alpha value is -0.790. The zero-order valence-electron chi connectivity index (χ0n) is 8.98. The van der Waals surface area contributed by atoms with Crippen molar-refractivity contribution in [1.82, 2.24) is 0 Å². The van der Waals surface area contributed by atoms with Gasteiger partial charge in [-0.2, -0.15) is 0 Å². The number of rotatable bonds is 2. The van der Waals surface area contributed by atoms with Crippen molar-refractivity contribution in [2.75, 3.05) is 0 Å². The van der Waals surface area contributed by atoms with Crippen LogP contribution in [-0.2, 0) is 4.79 Å². The van der Waals surface area contributed by atoms with Crippen LogP contribution < -0.4 is 0 Å². The minimum atomic E-state index is -0.0754. The minimum Gasteiger partial charge on any atom is -0.515 e. The van der Waals surface area contributed by atoms with Gasteiger partial charge in [0.15, 0.2) is 5.78 Å². The van der Waals surface area contributed by atoms with E-state index in [1.807, 2.05) is 0 Å². The summed E-state index contributed by atoms with van der Waals surface area (Å²) in [5.41, 5.74) is -0.0754. The summed E-state index contributed by atoms with van der Waals surface area (Å²) in [7, 11) is 0. The third kappa shape index (κ3) is 1.34. The second-order valence-corrected chi connectivity index (χ2v) is 5.88. The van der Waals surface area contributed by atoms with Crippen molar-refractivity contribution < 1.29 is 9.90 Å². The summed E-state index contributed by atoms with van der Waals surface area (Å²) >= 11 is 0. The lowest BCUT2D eigenvalue weighted by Crippen LogP contribution is -2.49. The molecule has 0 spiro atoms. The Bertz CT molecular complexity index is 281. The molecule has 0 aromatic carbocycles. The van der Waals surface area contributed by atoms with E-state index in [0.29, 0.717) is 0 Å². The summed E-state index contributed by atoms with van der Waals surface area (Å²) in [5.74, 6) is 2.58. The molecule has 2 nitrogen and oxygen atoms in total. The van der Waals surface area contributed by atoms with E-state index in [4.69, 9.17) is 5.11 Å². The van der Waals surface area contributed by atoms with Crippen molar-refractivity contribution in [3.05, 3.63) is 12.3 Å². The van der Waals surface area contributed by atoms with Gasteiger partial charge in [0.2, 0.25) is 0 Å². The monoisotopic (exact) mass is 206 g/mol. The van der Waals surface area contributed by atoms with Crippen molar-refractivity contribution >= 4 is 5.78 Å². The quantitative estimate of drug-likeness (QED) is 0.557. The molecule has 0 amide bonds. The van der Waals surface area contributed by atoms with Crippen LogP contribution in [0.3, 0.4) is 0 Å². The van der Waals surface area contributed by atoms with Gasteiger partial charge in [-0.25, -0.2) is 0 Å². The highest BCUT2D eigenvalue weighted by molar-refractivity contribution is 5.95. The van der Waals surface area contributed by atoms with E-state index in [2.05, 4.69) is 0 Å². The summed E-state index contributed by atoms with van der Waals surface area (Å²) in [5, 5.41) is 8.74. The van der Waals surface area contributed by atoms with E-state index in [1.54, 1.807) is 0 Å². The van der Waals surface area contributed by atoms with E-state index in [-0.39, 0.29) is 11.2 Å². The number of hydrogen-bond donors (Lipinski definition) is 1. The smallest absolute Gasteiger partial charge is 0.164 e. The summed E-state index contributed by atoms with van der Waals surface area (Å²) in [4.78, 5) is 12.0. The molecule has 0 radical (unpaired) electrons. The summed E-state index contributed by atoms with van der Waals surface area (Å²) in [6, 6.07) is 0. The highest BCUT2D eigenvalue weighted by atomic mass is 16.2. The van der Waals surface area contributed by atoms with Gasteiger partial charge in [-0.05, 0) is 56.3 Å². The maximum Gasteiger partial charge on any atom is 0.164 e. The van der Waals surface area contributed by atoms with Gasteiger partial charge in [-0.15, -0.1) is 0 Å². The molecule has 15 heavy (non-hydrogen) atoms. The number of aliphatic hydroxyl groups excluding tert-OH is 1. The molecule has 0 aliphatic heterocycles. The lowest BCUT2D eigenvalue weighted by molar-refractivity contribution is -0.138. The topological polar surface area (TPSA) is 37.3 Å². The maximum absolute atomic E-state index is 12.0. The summed E-state index contributed by atoms with van der Waals surface area (Å²) in [6.07, 6.45) is 9.63. The van der Waals surface area contributed by atoms with Gasteiger partial charge >= 0.3 is 0 Å². The SMILES string of the molecule is O=C(/C=C\O)C12CC3CC(CC(C3)C1)C2. The molecule has 0 heterocycles. The Morgan fingerprint density at radius 3 is 1.93 bits per heavy atom. The molecule has 4 aliphatic carbocycles. The average Bonchev–Trinajstić information content (AvgIpc) is 2.15. The molecule has 4 bridgehead atoms. The molecule has 0 aromatic rings. The highest BCUT2D eigenvalue weighted by Crippen LogP contribution is 2.60. The number of carbonyl (C=O) groups is 1. The van der Waals surface area contributed by atoms with Crippen molar-refractivity contribution in [1.29, 1.82) is 0 Å². The summed E-state index contributed by atoms with van der Waals surface area (Å²) < 4.78 is 0. The van der Waals surface area contributed by atoms with Gasteiger partial charge in [-0.1, -0.05) is 0 Å². The predicted molar refractivity (Wildman–Crippen MR) is 57.4 cm³/mol. The van der Waals surface area contributed by atoms with Crippen LogP contribution in [0.1, 0.15) is 38.5 Å². The van der Waals surface area contributed by atoms with E-state index in [0.717, 1.165) is 43.3 Å². The van der Waals surface area contributed by atoms with Crippen LogP contribution in [0.5, 0.6) is 0 Å². The second kappa shape index (κ2) is 3.10. The van der Waals surface area contributed by atoms with Crippen LogP contribution in [0, 0.1) is 23.2 Å². The number of allylic oxidation sites excluding steroid dienone is 1. The Morgan fingerprint density at radius 2 is 1.53 bits per heavy atom. The number of aliphatic hydroxyl groups is 1. The Kier molecular flexibility index (Phi) is 1.95. The van der Waals surface area contributed by atoms with E-state index in [9.17, 15) is 4.79 Å². The fourth-order valence-electron chi connectivity index (χ4n) is 4.66. The van der Waals surface area contributed by atoms with Crippen LogP contribution in [0.15, 0.2) is 12.3 Å². The molecule has 1 N–H and O–H groups in total. The van der Waals surface area contributed by atoms with Crippen LogP contribution >= 0.6 is 0 Å². The fourth-order valence-corrected chi connectivity index (χ4v) is 4.66. The molecule has 2 heteroatoms. The van der Waals surface area contributed by atoms with Gasteiger partial charge in [0, 0.05) is 11.5 Å². The van der Waals surface area contributed by atoms with E-state index < -0.39 is 0 Å². The van der Waals surface area contributed by atoms with Crippen molar-refractivity contribution in [3.63, 3.8) is 0 Å². The number of hydrogen-bond acceptors (Lipinski definition) is 2. The first-order valence-electron chi connectivity index (χ1n) is 6.07. The van der Waals surface area contributed by atoms with Crippen LogP contribution in [-0.4, -0.2) is 10.9 Å². The minimum absolute atomic E-state index is 0.0754. The Balaban J connectivity index is 1.89. The first-order valence-corrected chi connectivity index (χ1v) is 6.07. The molecule has 0 aromatic heterocycles. The summed E-state index contributed by atoms with van der Waals surface area (Å²) in [6.45, 7) is 0. The Morgan fingerprint density at radius 1 is 1.07 bits per heavy atom. The third-order valence-corrected chi connectivity index (χ3v) is 4.79. The fraction of sp³-hybridized carbons (Fsp3) is 0.769. The molecule has 4 rings (SSSR count). The van der Waals surface area contributed by atoms with Crippen LogP contribution in [0.25, 0.3) is 0 Å². The first kappa shape index (κ1) is 9.44. The molecular formula is C13H18O2. The largest absolute Gasteiger partial charge is 0.515 e. The molecule has 0 saturated heterocycles. The predicted octanol–water partition coefficient (Wildman–Crippen LogP) is 2.84. The van der Waals surface area contributed by atoms with Crippen molar-refractivity contribution in [2.45, 2.75) is 38.5 Å². The van der Waals surface area contributed by atoms with Gasteiger partial charge in [0.1, 0.15) is 0 Å². The molecule has 82 valence electrons. The molecule has 4 fully saturated rings. The standard InChI is InChI=1S/C13H18O2/c14-2-1-12(15)13-6-9-3-10(7-13)5-11(4-9)8-13/h1-2,9-11,14H,3-8H2/b2-1-. The highest BCUT2D eigenvalue weighted by Gasteiger charge is 2.53.